The normalized spacial score (nSPS) is 15.7. The summed E-state index contributed by atoms with van der Waals surface area (Å²) in [4.78, 5) is 20.6. The van der Waals surface area contributed by atoms with Gasteiger partial charge in [0, 0.05) is 0 Å². The Morgan fingerprint density at radius 3 is 2.16 bits per heavy atom. The molecule has 7 heteroatoms. The van der Waals surface area contributed by atoms with Crippen LogP contribution in [0.5, 0.6) is 5.75 Å². The molecule has 0 saturated carbocycles. The highest BCUT2D eigenvalue weighted by atomic mass is 35.5. The van der Waals surface area contributed by atoms with Crippen molar-refractivity contribution in [1.29, 1.82) is 0 Å². The van der Waals surface area contributed by atoms with Crippen LogP contribution in [0.4, 0.5) is 11.4 Å². The molecule has 0 bridgehead atoms. The van der Waals surface area contributed by atoms with Crippen LogP contribution < -0.4 is 9.64 Å². The molecular weight excluding hydrogens is 523 g/mol. The van der Waals surface area contributed by atoms with Crippen LogP contribution in [0.3, 0.4) is 0 Å². The monoisotopic (exact) mass is 552 g/mol. The lowest BCUT2D eigenvalue weighted by Crippen LogP contribution is -2.28. The zero-order chi connectivity index (χ0) is 26.4. The molecular formula is C30H30Cl2N2O2S. The molecule has 0 atom stereocenters. The number of hydrogen-bond acceptors (Lipinski definition) is 4. The Kier molecular flexibility index (Phi) is 9.36. The number of halogens is 2. The van der Waals surface area contributed by atoms with Gasteiger partial charge in [-0.1, -0.05) is 84.8 Å². The van der Waals surface area contributed by atoms with Crippen molar-refractivity contribution in [3.63, 3.8) is 0 Å². The van der Waals surface area contributed by atoms with Gasteiger partial charge < -0.3 is 4.74 Å². The maximum atomic E-state index is 13.6. The number of aryl methyl sites for hydroxylation is 2. The smallest absolute Gasteiger partial charge is 0.271 e. The highest BCUT2D eigenvalue weighted by Gasteiger charge is 2.34. The fourth-order valence-electron chi connectivity index (χ4n) is 3.86. The standard InChI is InChI=1S/C30H30Cl2N2O2S/c1-4-5-6-7-16-36-28-25(31)17-22(18-26(28)32)19-27-29(35)34(24-14-10-21(3)11-15-24)30(37-27)33-23-12-8-20(2)9-13-23/h8-15,17-19H,4-7,16H2,1-3H3/b27-19+,33-30?. The van der Waals surface area contributed by atoms with E-state index in [1.54, 1.807) is 23.1 Å². The lowest BCUT2D eigenvalue weighted by molar-refractivity contribution is -0.113. The first-order valence-corrected chi connectivity index (χ1v) is 14.0. The molecule has 1 saturated heterocycles. The summed E-state index contributed by atoms with van der Waals surface area (Å²) in [6, 6.07) is 19.3. The molecule has 3 aromatic rings. The second-order valence-corrected chi connectivity index (χ2v) is 10.9. The zero-order valence-electron chi connectivity index (χ0n) is 21.3. The summed E-state index contributed by atoms with van der Waals surface area (Å²) in [5.74, 6) is 0.332. The minimum absolute atomic E-state index is 0.150. The zero-order valence-corrected chi connectivity index (χ0v) is 23.6. The number of carbonyl (C=O) groups is 1. The molecule has 1 aliphatic heterocycles. The SMILES string of the molecule is CCCCCCOc1c(Cl)cc(/C=C2/SC(=Nc3ccc(C)cc3)N(c3ccc(C)cc3)C2=O)cc1Cl. The van der Waals surface area contributed by atoms with Crippen LogP contribution in [-0.2, 0) is 4.79 Å². The van der Waals surface area contributed by atoms with E-state index in [0.29, 0.717) is 32.5 Å². The van der Waals surface area contributed by atoms with E-state index in [0.717, 1.165) is 40.9 Å². The molecule has 0 N–H and O–H groups in total. The quantitative estimate of drug-likeness (QED) is 0.196. The van der Waals surface area contributed by atoms with Gasteiger partial charge in [0.2, 0.25) is 0 Å². The summed E-state index contributed by atoms with van der Waals surface area (Å²) >= 11 is 14.4. The number of ether oxygens (including phenoxy) is 1. The van der Waals surface area contributed by atoms with E-state index in [4.69, 9.17) is 32.9 Å². The van der Waals surface area contributed by atoms with Gasteiger partial charge in [-0.15, -0.1) is 0 Å². The third-order valence-corrected chi connectivity index (χ3v) is 7.45. The number of thioether (sulfide) groups is 1. The first kappa shape index (κ1) is 27.3. The fraction of sp³-hybridized carbons (Fsp3) is 0.267. The summed E-state index contributed by atoms with van der Waals surface area (Å²) in [6.45, 7) is 6.79. The Labute approximate surface area is 233 Å². The molecule has 0 radical (unpaired) electrons. The van der Waals surface area contributed by atoms with Gasteiger partial charge in [0.15, 0.2) is 10.9 Å². The van der Waals surface area contributed by atoms with Crippen molar-refractivity contribution in [2.24, 2.45) is 4.99 Å². The first-order chi connectivity index (χ1) is 17.9. The molecule has 192 valence electrons. The number of rotatable bonds is 9. The molecule has 1 fully saturated rings. The minimum Gasteiger partial charge on any atom is -0.490 e. The average molecular weight is 554 g/mol. The second kappa shape index (κ2) is 12.7. The lowest BCUT2D eigenvalue weighted by Gasteiger charge is -2.16. The number of aliphatic imine (C=N–C) groups is 1. The molecule has 3 aromatic carbocycles. The number of anilines is 1. The summed E-state index contributed by atoms with van der Waals surface area (Å²) in [6.07, 6.45) is 6.21. The highest BCUT2D eigenvalue weighted by Crippen LogP contribution is 2.40. The fourth-order valence-corrected chi connectivity index (χ4v) is 5.47. The van der Waals surface area contributed by atoms with E-state index in [2.05, 4.69) is 6.92 Å². The van der Waals surface area contributed by atoms with Gasteiger partial charge in [-0.25, -0.2) is 4.99 Å². The number of carbonyl (C=O) groups excluding carboxylic acids is 1. The number of benzene rings is 3. The molecule has 0 unspecified atom stereocenters. The van der Waals surface area contributed by atoms with Gasteiger partial charge in [0.1, 0.15) is 0 Å². The lowest BCUT2D eigenvalue weighted by atomic mass is 10.2. The van der Waals surface area contributed by atoms with Gasteiger partial charge in [0.25, 0.3) is 5.91 Å². The Hall–Kier alpha value is -2.73. The van der Waals surface area contributed by atoms with E-state index in [-0.39, 0.29) is 5.91 Å². The number of unbranched alkanes of at least 4 members (excludes halogenated alkanes) is 3. The van der Waals surface area contributed by atoms with Crippen molar-refractivity contribution in [1.82, 2.24) is 0 Å². The van der Waals surface area contributed by atoms with Crippen molar-refractivity contribution in [3.05, 3.63) is 92.3 Å². The highest BCUT2D eigenvalue weighted by molar-refractivity contribution is 8.19. The Bertz CT molecular complexity index is 1300. The predicted octanol–water partition coefficient (Wildman–Crippen LogP) is 9.38. The molecule has 1 aliphatic rings. The molecule has 0 aromatic heterocycles. The van der Waals surface area contributed by atoms with Gasteiger partial charge in [-0.2, -0.15) is 0 Å². The third kappa shape index (κ3) is 6.98. The van der Waals surface area contributed by atoms with Crippen molar-refractivity contribution >= 4 is 63.5 Å². The Morgan fingerprint density at radius 1 is 0.919 bits per heavy atom. The number of amides is 1. The third-order valence-electron chi connectivity index (χ3n) is 5.92. The van der Waals surface area contributed by atoms with Crippen LogP contribution in [0.2, 0.25) is 10.0 Å². The maximum Gasteiger partial charge on any atom is 0.271 e. The molecule has 4 nitrogen and oxygen atoms in total. The maximum absolute atomic E-state index is 13.6. The number of hydrogen-bond donors (Lipinski definition) is 0. The van der Waals surface area contributed by atoms with Crippen molar-refractivity contribution in [3.8, 4) is 5.75 Å². The predicted molar refractivity (Wildman–Crippen MR) is 159 cm³/mol. The van der Waals surface area contributed by atoms with Crippen LogP contribution in [0.25, 0.3) is 6.08 Å². The van der Waals surface area contributed by atoms with E-state index in [1.165, 1.54) is 24.6 Å². The van der Waals surface area contributed by atoms with Crippen LogP contribution in [0.15, 0.2) is 70.6 Å². The topological polar surface area (TPSA) is 41.9 Å². The van der Waals surface area contributed by atoms with Crippen LogP contribution in [0, 0.1) is 13.8 Å². The van der Waals surface area contributed by atoms with Crippen molar-refractivity contribution < 1.29 is 9.53 Å². The van der Waals surface area contributed by atoms with Crippen molar-refractivity contribution in [2.45, 2.75) is 46.5 Å². The molecule has 0 aliphatic carbocycles. The summed E-state index contributed by atoms with van der Waals surface area (Å²) < 4.78 is 5.85. The summed E-state index contributed by atoms with van der Waals surface area (Å²) in [7, 11) is 0. The Morgan fingerprint density at radius 2 is 1.54 bits per heavy atom. The number of nitrogens with zero attached hydrogens (tertiary/aromatic N) is 2. The minimum atomic E-state index is -0.150. The Balaban J connectivity index is 1.63. The van der Waals surface area contributed by atoms with Gasteiger partial charge in [-0.05, 0) is 80.1 Å². The van der Waals surface area contributed by atoms with E-state index in [1.807, 2.05) is 62.4 Å². The summed E-state index contributed by atoms with van der Waals surface area (Å²) in [5, 5.41) is 1.44. The van der Waals surface area contributed by atoms with E-state index >= 15 is 0 Å². The molecule has 1 amide bonds. The van der Waals surface area contributed by atoms with Crippen LogP contribution in [0.1, 0.15) is 49.3 Å². The van der Waals surface area contributed by atoms with Gasteiger partial charge in [-0.3, -0.25) is 9.69 Å². The average Bonchev–Trinajstić information content (AvgIpc) is 3.16. The van der Waals surface area contributed by atoms with Crippen LogP contribution >= 0.6 is 35.0 Å². The molecule has 4 rings (SSSR count). The van der Waals surface area contributed by atoms with E-state index < -0.39 is 0 Å². The molecule has 37 heavy (non-hydrogen) atoms. The number of amidine groups is 1. The van der Waals surface area contributed by atoms with Gasteiger partial charge in [0.05, 0.1) is 32.9 Å². The molecule has 0 spiro atoms. The molecule has 1 heterocycles. The first-order valence-electron chi connectivity index (χ1n) is 12.4. The van der Waals surface area contributed by atoms with Gasteiger partial charge >= 0.3 is 0 Å². The van der Waals surface area contributed by atoms with Crippen molar-refractivity contribution in [2.75, 3.05) is 11.5 Å². The van der Waals surface area contributed by atoms with E-state index in [9.17, 15) is 4.79 Å². The largest absolute Gasteiger partial charge is 0.490 e. The second-order valence-electron chi connectivity index (χ2n) is 9.04. The van der Waals surface area contributed by atoms with Crippen LogP contribution in [-0.4, -0.2) is 17.7 Å². The summed E-state index contributed by atoms with van der Waals surface area (Å²) in [5.41, 5.74) is 4.54.